The van der Waals surface area contributed by atoms with Gasteiger partial charge >= 0.3 is 12.4 Å². The molecule has 2 aromatic rings. The Morgan fingerprint density at radius 1 is 0.786 bits per heavy atom. The molecule has 8 heteroatoms. The molecule has 0 radical (unpaired) electrons. The van der Waals surface area contributed by atoms with E-state index in [9.17, 15) is 36.2 Å². The molecule has 2 aliphatic rings. The maximum atomic E-state index is 12.5. The third-order valence-corrected chi connectivity index (χ3v) is 4.93. The molecule has 0 saturated heterocycles. The highest BCUT2D eigenvalue weighted by Crippen LogP contribution is 2.40. The molecule has 1 atom stereocenters. The van der Waals surface area contributed by atoms with E-state index in [1.807, 2.05) is 0 Å². The summed E-state index contributed by atoms with van der Waals surface area (Å²) >= 11 is 0. The van der Waals surface area contributed by atoms with Gasteiger partial charge < -0.3 is 5.11 Å². The summed E-state index contributed by atoms with van der Waals surface area (Å²) in [6.45, 7) is 0. The van der Waals surface area contributed by atoms with Crippen LogP contribution < -0.4 is 0 Å². The van der Waals surface area contributed by atoms with Gasteiger partial charge in [-0.3, -0.25) is 4.79 Å². The molecule has 0 amide bonds. The first-order chi connectivity index (χ1) is 13.0. The van der Waals surface area contributed by atoms with Gasteiger partial charge in [-0.25, -0.2) is 0 Å². The van der Waals surface area contributed by atoms with Crippen molar-refractivity contribution in [3.8, 4) is 0 Å². The van der Waals surface area contributed by atoms with Crippen LogP contribution in [0, 0.1) is 0 Å². The number of hydrogen-bond donors (Lipinski definition) is 1. The lowest BCUT2D eigenvalue weighted by Crippen LogP contribution is -2.09. The summed E-state index contributed by atoms with van der Waals surface area (Å²) < 4.78 is 74.8. The largest absolute Gasteiger partial charge is 0.416 e. The summed E-state index contributed by atoms with van der Waals surface area (Å²) in [6.07, 6.45) is -8.28. The quantitative estimate of drug-likeness (QED) is 0.590. The summed E-state index contributed by atoms with van der Waals surface area (Å²) in [4.78, 5) is 11.2. The minimum atomic E-state index is -4.35. The second kappa shape index (κ2) is 7.24. The fraction of sp³-hybridized carbons (Fsp3) is 0.350. The molecule has 2 aliphatic carbocycles. The Labute approximate surface area is 156 Å². The number of carbonyl (C=O) groups is 1. The fourth-order valence-electron chi connectivity index (χ4n) is 3.65. The van der Waals surface area contributed by atoms with Crippen molar-refractivity contribution in [2.75, 3.05) is 0 Å². The number of carbonyl (C=O) groups excluding carboxylic acids is 1. The van der Waals surface area contributed by atoms with Crippen LogP contribution in [-0.2, 0) is 25.2 Å². The van der Waals surface area contributed by atoms with Gasteiger partial charge in [-0.15, -0.1) is 0 Å². The van der Waals surface area contributed by atoms with E-state index < -0.39 is 29.6 Å². The van der Waals surface area contributed by atoms with E-state index in [0.717, 1.165) is 12.1 Å². The number of hydrogen-bond acceptors (Lipinski definition) is 2. The van der Waals surface area contributed by atoms with Crippen molar-refractivity contribution in [2.24, 2.45) is 0 Å². The maximum absolute atomic E-state index is 12.5. The van der Waals surface area contributed by atoms with E-state index in [0.29, 0.717) is 18.4 Å². The number of ketones is 1. The van der Waals surface area contributed by atoms with Crippen LogP contribution in [0.4, 0.5) is 26.3 Å². The normalized spacial score (nSPS) is 18.4. The smallest absolute Gasteiger partial charge is 0.388 e. The van der Waals surface area contributed by atoms with Gasteiger partial charge in [0.25, 0.3) is 0 Å². The second-order valence-corrected chi connectivity index (χ2v) is 6.68. The fourth-order valence-corrected chi connectivity index (χ4v) is 3.65. The van der Waals surface area contributed by atoms with Crippen molar-refractivity contribution in [3.05, 3.63) is 69.8 Å². The van der Waals surface area contributed by atoms with Gasteiger partial charge in [-0.05, 0) is 48.1 Å². The summed E-state index contributed by atoms with van der Waals surface area (Å²) in [7, 11) is 0. The zero-order valence-electron chi connectivity index (χ0n) is 14.5. The zero-order valence-corrected chi connectivity index (χ0v) is 14.5. The third-order valence-electron chi connectivity index (χ3n) is 4.93. The van der Waals surface area contributed by atoms with E-state index in [1.54, 1.807) is 6.07 Å². The van der Waals surface area contributed by atoms with E-state index in [-0.39, 0.29) is 35.3 Å². The number of fused-ring (bicyclic) bond motifs is 2. The van der Waals surface area contributed by atoms with Gasteiger partial charge in [0, 0.05) is 12.0 Å². The number of benzene rings is 2. The molecule has 0 spiro atoms. The Kier molecular flexibility index (Phi) is 5.27. The van der Waals surface area contributed by atoms with Crippen molar-refractivity contribution >= 4 is 5.78 Å². The summed E-state index contributed by atoms with van der Waals surface area (Å²) in [5.41, 5.74) is -0.190. The van der Waals surface area contributed by atoms with E-state index in [4.69, 9.17) is 0 Å². The molecule has 150 valence electrons. The lowest BCUT2D eigenvalue weighted by molar-refractivity contribution is -0.139. The lowest BCUT2D eigenvalue weighted by Gasteiger charge is -2.11. The van der Waals surface area contributed by atoms with Crippen LogP contribution in [0.3, 0.4) is 0 Å². The Balaban J connectivity index is 0.000000161. The maximum Gasteiger partial charge on any atom is 0.416 e. The highest BCUT2D eigenvalue weighted by Gasteiger charge is 2.37. The number of alkyl halides is 6. The number of aliphatic hydroxyl groups excluding tert-OH is 1. The molecule has 2 aromatic carbocycles. The predicted octanol–water partition coefficient (Wildman–Crippen LogP) is 5.52. The van der Waals surface area contributed by atoms with Crippen molar-refractivity contribution in [1.29, 1.82) is 0 Å². The van der Waals surface area contributed by atoms with Crippen molar-refractivity contribution < 1.29 is 36.2 Å². The molecule has 0 saturated carbocycles. The minimum Gasteiger partial charge on any atom is -0.388 e. The molecule has 0 unspecified atom stereocenters. The van der Waals surface area contributed by atoms with Crippen molar-refractivity contribution in [1.82, 2.24) is 0 Å². The molecule has 0 bridgehead atoms. The SMILES string of the molecule is O=C1CCc2c1cccc2C(F)(F)F.O[C@H]1CCc2c1cccc2C(F)(F)F. The molecule has 0 aromatic heterocycles. The van der Waals surface area contributed by atoms with E-state index in [2.05, 4.69) is 0 Å². The van der Waals surface area contributed by atoms with E-state index >= 15 is 0 Å². The molecular formula is C20H16F6O2. The Morgan fingerprint density at radius 2 is 1.36 bits per heavy atom. The molecule has 0 aliphatic heterocycles. The van der Waals surface area contributed by atoms with Gasteiger partial charge in [0.1, 0.15) is 0 Å². The molecule has 0 heterocycles. The van der Waals surface area contributed by atoms with Crippen LogP contribution in [-0.4, -0.2) is 10.9 Å². The predicted molar refractivity (Wildman–Crippen MR) is 88.8 cm³/mol. The molecule has 4 rings (SSSR count). The molecular weight excluding hydrogens is 386 g/mol. The number of Topliss-reactive ketones (excluding diaryl/α,β-unsaturated/α-hetero) is 1. The molecule has 2 nitrogen and oxygen atoms in total. The Bertz CT molecular complexity index is 899. The molecule has 28 heavy (non-hydrogen) atoms. The van der Waals surface area contributed by atoms with Gasteiger partial charge in [-0.1, -0.05) is 24.3 Å². The Morgan fingerprint density at radius 3 is 1.96 bits per heavy atom. The van der Waals surface area contributed by atoms with Crippen LogP contribution in [0.5, 0.6) is 0 Å². The van der Waals surface area contributed by atoms with Crippen LogP contribution in [0.1, 0.15) is 57.1 Å². The minimum absolute atomic E-state index is 0.157. The molecule has 0 fully saturated rings. The van der Waals surface area contributed by atoms with Crippen LogP contribution in [0.25, 0.3) is 0 Å². The summed E-state index contributed by atoms with van der Waals surface area (Å²) in [5.74, 6) is -0.189. The van der Waals surface area contributed by atoms with Gasteiger partial charge in [-0.2, -0.15) is 26.3 Å². The Hall–Kier alpha value is -2.35. The summed E-state index contributed by atoms with van der Waals surface area (Å²) in [5, 5.41) is 9.40. The van der Waals surface area contributed by atoms with Gasteiger partial charge in [0.05, 0.1) is 17.2 Å². The van der Waals surface area contributed by atoms with Crippen molar-refractivity contribution in [2.45, 2.75) is 44.1 Å². The lowest BCUT2D eigenvalue weighted by atomic mass is 10.0. The van der Waals surface area contributed by atoms with Gasteiger partial charge in [0.2, 0.25) is 0 Å². The van der Waals surface area contributed by atoms with Crippen LogP contribution in [0.2, 0.25) is 0 Å². The van der Waals surface area contributed by atoms with Crippen LogP contribution in [0.15, 0.2) is 36.4 Å². The first-order valence-electron chi connectivity index (χ1n) is 8.59. The average molecular weight is 402 g/mol. The molecule has 1 N–H and O–H groups in total. The number of halogens is 6. The third kappa shape index (κ3) is 3.92. The van der Waals surface area contributed by atoms with Gasteiger partial charge in [0.15, 0.2) is 5.78 Å². The number of rotatable bonds is 0. The number of aliphatic hydroxyl groups is 1. The zero-order chi connectivity index (χ0) is 20.7. The first kappa shape index (κ1) is 20.4. The first-order valence-corrected chi connectivity index (χ1v) is 8.59. The second-order valence-electron chi connectivity index (χ2n) is 6.68. The topological polar surface area (TPSA) is 37.3 Å². The standard InChI is InChI=1S/C10H9F3O.C10H7F3O/c2*11-10(12,13)8-3-1-2-7-6(8)4-5-9(7)14/h1-3,9,14H,4-5H2;1-3H,4-5H2/t9-;/m0./s1. The summed E-state index contributed by atoms with van der Waals surface area (Å²) in [6, 6.07) is 7.73. The van der Waals surface area contributed by atoms with Crippen LogP contribution >= 0.6 is 0 Å². The highest BCUT2D eigenvalue weighted by molar-refractivity contribution is 6.00. The monoisotopic (exact) mass is 402 g/mol. The van der Waals surface area contributed by atoms with Crippen molar-refractivity contribution in [3.63, 3.8) is 0 Å². The van der Waals surface area contributed by atoms with E-state index in [1.165, 1.54) is 18.2 Å². The average Bonchev–Trinajstić information content (AvgIpc) is 3.17. The highest BCUT2D eigenvalue weighted by atomic mass is 19.4.